The van der Waals surface area contributed by atoms with Gasteiger partial charge in [0.15, 0.2) is 18.9 Å². The van der Waals surface area contributed by atoms with Crippen LogP contribution in [0.3, 0.4) is 0 Å². The lowest BCUT2D eigenvalue weighted by atomic mass is 9.96. The number of rotatable bonds is 40. The monoisotopic (exact) mass is 1100 g/mol. The molecule has 19 heteroatoms. The molecule has 0 saturated carbocycles. The van der Waals surface area contributed by atoms with Gasteiger partial charge in [0.25, 0.3) is 0 Å². The van der Waals surface area contributed by atoms with E-state index in [9.17, 15) is 61.0 Å². The predicted octanol–water partition coefficient (Wildman–Crippen LogP) is 4.26. The Morgan fingerprint density at radius 3 is 1.44 bits per heavy atom. The first kappa shape index (κ1) is 68.5. The van der Waals surface area contributed by atoms with Gasteiger partial charge in [0.2, 0.25) is 5.91 Å². The van der Waals surface area contributed by atoms with Crippen molar-refractivity contribution >= 4 is 5.91 Å². The Morgan fingerprint density at radius 2 is 0.909 bits per heavy atom. The van der Waals surface area contributed by atoms with Crippen LogP contribution in [-0.4, -0.2) is 193 Å². The third-order valence-corrected chi connectivity index (χ3v) is 14.0. The highest BCUT2D eigenvalue weighted by molar-refractivity contribution is 5.76. The fourth-order valence-electron chi connectivity index (χ4n) is 9.27. The molecule has 0 aliphatic carbocycles. The Hall–Kier alpha value is -2.77. The van der Waals surface area contributed by atoms with Crippen LogP contribution in [0.2, 0.25) is 0 Å². The molecule has 3 saturated heterocycles. The maximum Gasteiger partial charge on any atom is 0.220 e. The van der Waals surface area contributed by atoms with E-state index in [2.05, 4.69) is 67.8 Å². The number of allylic oxidation sites excluding steroid dienone is 11. The number of carbonyl (C=O) groups is 1. The summed E-state index contributed by atoms with van der Waals surface area (Å²) in [5.41, 5.74) is 0. The molecule has 0 aromatic carbocycles. The predicted molar refractivity (Wildman–Crippen MR) is 291 cm³/mol. The van der Waals surface area contributed by atoms with Gasteiger partial charge in [-0.3, -0.25) is 4.79 Å². The summed E-state index contributed by atoms with van der Waals surface area (Å²) in [5, 5.41) is 120. The summed E-state index contributed by atoms with van der Waals surface area (Å²) >= 11 is 0. The first-order chi connectivity index (χ1) is 37.3. The molecule has 17 unspecified atom stereocenters. The van der Waals surface area contributed by atoms with Gasteiger partial charge in [-0.25, -0.2) is 0 Å². The minimum absolute atomic E-state index is 0.111. The van der Waals surface area contributed by atoms with Gasteiger partial charge in [-0.2, -0.15) is 0 Å². The second-order valence-corrected chi connectivity index (χ2v) is 20.4. The van der Waals surface area contributed by atoms with Gasteiger partial charge in [0.05, 0.1) is 38.6 Å². The SMILES string of the molecule is CC/C=C\C/C=C\C/C=C\C/C=C\CCC(=O)NC(COC1OC(CO)C(OC2OC(CO)C(OC3OC(CO)C(O)C(O)C3O)C(O)C2O)C(O)C1O)C(O)/C=C/CC/C=C/CCCCCCCCCCCCCCC. The summed E-state index contributed by atoms with van der Waals surface area (Å²) < 4.78 is 34.1. The number of unbranched alkanes of at least 4 members (excludes halogenated alkanes) is 14. The highest BCUT2D eigenvalue weighted by Gasteiger charge is 2.53. The summed E-state index contributed by atoms with van der Waals surface area (Å²) in [6.45, 7) is 1.50. The maximum absolute atomic E-state index is 13.2. The van der Waals surface area contributed by atoms with Crippen molar-refractivity contribution in [3.05, 3.63) is 72.9 Å². The van der Waals surface area contributed by atoms with E-state index in [1.165, 1.54) is 77.0 Å². The van der Waals surface area contributed by atoms with Gasteiger partial charge in [-0.05, 0) is 57.8 Å². The fraction of sp³-hybridized carbons (Fsp3) is 0.776. The normalized spacial score (nSPS) is 31.3. The summed E-state index contributed by atoms with van der Waals surface area (Å²) in [4.78, 5) is 13.2. The lowest BCUT2D eigenvalue weighted by Gasteiger charge is -2.48. The number of carbonyl (C=O) groups excluding carboxylic acids is 1. The van der Waals surface area contributed by atoms with Crippen molar-refractivity contribution in [2.45, 2.75) is 259 Å². The molecule has 0 aromatic rings. The van der Waals surface area contributed by atoms with Gasteiger partial charge in [0, 0.05) is 6.42 Å². The standard InChI is InChI=1S/C58H99NO18/c1-3-5-7-9-11-13-15-17-18-19-20-21-22-24-25-27-29-31-33-35-42(63)41(59-46(64)36-34-32-30-28-26-23-16-14-12-10-8-6-4-2)40-72-56-52(70)49(67)54(44(38-61)74-56)77-58-53(71)50(68)55(45(39-62)75-58)76-57-51(69)48(66)47(65)43(37-60)73-57/h6,8,12,14,23,25-27,30,32-33,35,41-45,47-58,60-63,65-71H,3-5,7,9-11,13,15-22,24,28-29,31,34,36-40H2,1-2H3,(H,59,64)/b8-6-,14-12-,26-23-,27-25+,32-30-,35-33+. The van der Waals surface area contributed by atoms with Crippen LogP contribution in [0, 0.1) is 0 Å². The molecule has 0 spiro atoms. The van der Waals surface area contributed by atoms with Crippen molar-refractivity contribution in [2.24, 2.45) is 0 Å². The largest absolute Gasteiger partial charge is 0.394 e. The number of ether oxygens (including phenoxy) is 6. The number of amides is 1. The molecule has 444 valence electrons. The van der Waals surface area contributed by atoms with Crippen LogP contribution >= 0.6 is 0 Å². The first-order valence-electron chi connectivity index (χ1n) is 28.7. The highest BCUT2D eigenvalue weighted by atomic mass is 16.8. The lowest BCUT2D eigenvalue weighted by molar-refractivity contribution is -0.379. The molecule has 0 aromatic heterocycles. The minimum atomic E-state index is -1.99. The average molecular weight is 1100 g/mol. The molecule has 0 radical (unpaired) electrons. The maximum atomic E-state index is 13.2. The van der Waals surface area contributed by atoms with E-state index >= 15 is 0 Å². The third kappa shape index (κ3) is 25.7. The van der Waals surface area contributed by atoms with Gasteiger partial charge in [-0.1, -0.05) is 164 Å². The van der Waals surface area contributed by atoms with Crippen LogP contribution < -0.4 is 5.32 Å². The molecule has 3 aliphatic rings. The van der Waals surface area contributed by atoms with Crippen molar-refractivity contribution in [1.82, 2.24) is 5.32 Å². The highest BCUT2D eigenvalue weighted by Crippen LogP contribution is 2.33. The Kier molecular flexibility index (Phi) is 36.7. The van der Waals surface area contributed by atoms with Gasteiger partial charge < -0.3 is 89.9 Å². The molecule has 3 fully saturated rings. The van der Waals surface area contributed by atoms with Crippen LogP contribution in [0.15, 0.2) is 72.9 Å². The number of hydrogen-bond acceptors (Lipinski definition) is 18. The van der Waals surface area contributed by atoms with Crippen LogP contribution in [0.5, 0.6) is 0 Å². The Balaban J connectivity index is 1.55. The number of aliphatic hydroxyl groups excluding tert-OH is 11. The first-order valence-corrected chi connectivity index (χ1v) is 28.7. The molecular formula is C58H99NO18. The molecule has 17 atom stereocenters. The molecule has 3 aliphatic heterocycles. The minimum Gasteiger partial charge on any atom is -0.394 e. The summed E-state index contributed by atoms with van der Waals surface area (Å²) in [7, 11) is 0. The van der Waals surface area contributed by atoms with Crippen LogP contribution in [0.1, 0.15) is 155 Å². The van der Waals surface area contributed by atoms with Gasteiger partial charge >= 0.3 is 0 Å². The Labute approximate surface area is 458 Å². The number of aliphatic hydroxyl groups is 11. The average Bonchev–Trinajstić information content (AvgIpc) is 3.43. The molecule has 12 N–H and O–H groups in total. The molecule has 3 rings (SSSR count). The van der Waals surface area contributed by atoms with Gasteiger partial charge in [-0.15, -0.1) is 0 Å². The molecule has 0 bridgehead atoms. The second kappa shape index (κ2) is 41.3. The van der Waals surface area contributed by atoms with Crippen molar-refractivity contribution in [1.29, 1.82) is 0 Å². The zero-order valence-electron chi connectivity index (χ0n) is 45.9. The van der Waals surface area contributed by atoms with Crippen LogP contribution in [0.4, 0.5) is 0 Å². The van der Waals surface area contributed by atoms with E-state index in [-0.39, 0.29) is 12.3 Å². The van der Waals surface area contributed by atoms with Gasteiger partial charge in [0.1, 0.15) is 73.2 Å². The zero-order chi connectivity index (χ0) is 56.2. The van der Waals surface area contributed by atoms with E-state index in [4.69, 9.17) is 28.4 Å². The molecular weight excluding hydrogens is 999 g/mol. The second-order valence-electron chi connectivity index (χ2n) is 20.4. The summed E-state index contributed by atoms with van der Waals surface area (Å²) in [6, 6.07) is -1.03. The third-order valence-electron chi connectivity index (χ3n) is 14.0. The molecule has 19 nitrogen and oxygen atoms in total. The Bertz CT molecular complexity index is 1690. The van der Waals surface area contributed by atoms with Crippen molar-refractivity contribution in [3.63, 3.8) is 0 Å². The molecule has 1 amide bonds. The quantitative estimate of drug-likeness (QED) is 0.0301. The number of nitrogens with one attached hydrogen (secondary N) is 1. The van der Waals surface area contributed by atoms with Crippen LogP contribution in [-0.2, 0) is 33.2 Å². The Morgan fingerprint density at radius 1 is 0.481 bits per heavy atom. The fourth-order valence-corrected chi connectivity index (χ4v) is 9.27. The molecule has 3 heterocycles. The molecule has 77 heavy (non-hydrogen) atoms. The van der Waals surface area contributed by atoms with Crippen molar-refractivity contribution < 1.29 is 89.4 Å². The van der Waals surface area contributed by atoms with Crippen molar-refractivity contribution in [2.75, 3.05) is 26.4 Å². The summed E-state index contributed by atoms with van der Waals surface area (Å²) in [6.07, 6.45) is 20.6. The lowest BCUT2D eigenvalue weighted by Crippen LogP contribution is -2.66. The smallest absolute Gasteiger partial charge is 0.220 e. The van der Waals surface area contributed by atoms with E-state index < -0.39 is 131 Å². The van der Waals surface area contributed by atoms with E-state index in [0.29, 0.717) is 19.3 Å². The van der Waals surface area contributed by atoms with E-state index in [0.717, 1.165) is 38.5 Å². The van der Waals surface area contributed by atoms with E-state index in [1.54, 1.807) is 6.08 Å². The number of hydrogen-bond donors (Lipinski definition) is 12. The topological polar surface area (TPSA) is 307 Å². The van der Waals surface area contributed by atoms with Crippen LogP contribution in [0.25, 0.3) is 0 Å². The van der Waals surface area contributed by atoms with E-state index in [1.807, 2.05) is 18.2 Å². The zero-order valence-corrected chi connectivity index (χ0v) is 45.9. The van der Waals surface area contributed by atoms with Crippen molar-refractivity contribution in [3.8, 4) is 0 Å². The summed E-state index contributed by atoms with van der Waals surface area (Å²) in [5.74, 6) is -0.369.